The molecule has 0 aromatic heterocycles. The topological polar surface area (TPSA) is 20.2 Å². The zero-order valence-corrected chi connectivity index (χ0v) is 14.9. The molecule has 0 heterocycles. The van der Waals surface area contributed by atoms with Crippen molar-refractivity contribution in [2.45, 2.75) is 69.3 Å². The molecule has 2 fully saturated rings. The van der Waals surface area contributed by atoms with Gasteiger partial charge in [0.05, 0.1) is 0 Å². The summed E-state index contributed by atoms with van der Waals surface area (Å²) in [7, 11) is 0. The van der Waals surface area contributed by atoms with E-state index in [1.807, 2.05) is 0 Å². The predicted molar refractivity (Wildman–Crippen MR) is 82.9 cm³/mol. The summed E-state index contributed by atoms with van der Waals surface area (Å²) < 4.78 is 117. The van der Waals surface area contributed by atoms with Crippen LogP contribution in [0.15, 0.2) is 24.1 Å². The molecule has 2 aliphatic carbocycles. The van der Waals surface area contributed by atoms with Crippen LogP contribution in [-0.2, 0) is 0 Å². The zero-order chi connectivity index (χ0) is 21.5. The van der Waals surface area contributed by atoms with Gasteiger partial charge in [0.2, 0.25) is 0 Å². The van der Waals surface area contributed by atoms with Crippen molar-refractivity contribution in [3.8, 4) is 0 Å². The van der Waals surface area contributed by atoms with E-state index < -0.39 is 48.6 Å². The highest BCUT2D eigenvalue weighted by atomic mass is 19.4. The molecule has 0 saturated heterocycles. The zero-order valence-electron chi connectivity index (χ0n) is 14.9. The molecule has 1 N–H and O–H groups in total. The summed E-state index contributed by atoms with van der Waals surface area (Å²) in [6.45, 7) is 3.53. The second kappa shape index (κ2) is 7.57. The van der Waals surface area contributed by atoms with Gasteiger partial charge in [-0.2, -0.15) is 35.1 Å². The van der Waals surface area contributed by atoms with E-state index in [0.29, 0.717) is 12.8 Å². The van der Waals surface area contributed by atoms with Crippen LogP contribution in [0.4, 0.5) is 39.5 Å². The summed E-state index contributed by atoms with van der Waals surface area (Å²) in [4.78, 5) is 0. The van der Waals surface area contributed by atoms with Gasteiger partial charge in [0, 0.05) is 12.3 Å². The Balaban J connectivity index is 2.26. The van der Waals surface area contributed by atoms with Crippen molar-refractivity contribution in [3.05, 3.63) is 24.1 Å². The maximum Gasteiger partial charge on any atom is 0.426 e. The summed E-state index contributed by atoms with van der Waals surface area (Å²) in [5, 5.41) is 9.58. The smallest absolute Gasteiger partial charge is 0.373 e. The van der Waals surface area contributed by atoms with Gasteiger partial charge in [0.15, 0.2) is 5.83 Å². The predicted octanol–water partition coefficient (Wildman–Crippen LogP) is 6.84. The molecule has 10 heteroatoms. The van der Waals surface area contributed by atoms with Gasteiger partial charge in [0.1, 0.15) is 0 Å². The van der Waals surface area contributed by atoms with E-state index in [4.69, 9.17) is 0 Å². The third-order valence-electron chi connectivity index (χ3n) is 6.19. The normalized spacial score (nSPS) is 21.5. The number of hydrogen-bond donors (Lipinski definition) is 1. The largest absolute Gasteiger partial charge is 0.426 e. The summed E-state index contributed by atoms with van der Waals surface area (Å²) in [6.07, 6.45) is -13.5. The highest BCUT2D eigenvalue weighted by Gasteiger charge is 2.73. The SMILES string of the molecule is C=C(CC(CC(F)=C(F)F)C(O)(C(F)(F)F)C(F)(F)F)C1CC2(CCCC2)C1. The van der Waals surface area contributed by atoms with Gasteiger partial charge in [-0.1, -0.05) is 25.0 Å². The molecule has 0 aromatic rings. The Kier molecular flexibility index (Phi) is 6.24. The Morgan fingerprint density at radius 2 is 1.39 bits per heavy atom. The molecule has 0 aromatic carbocycles. The summed E-state index contributed by atoms with van der Waals surface area (Å²) in [5.41, 5.74) is -5.32. The third-order valence-corrected chi connectivity index (χ3v) is 6.19. The fraction of sp³-hybridized carbons (Fsp3) is 0.778. The minimum atomic E-state index is -6.23. The van der Waals surface area contributed by atoms with Gasteiger partial charge in [-0.15, -0.1) is 0 Å². The molecule has 1 atom stereocenters. The fourth-order valence-electron chi connectivity index (χ4n) is 4.58. The monoisotopic (exact) mass is 424 g/mol. The Hall–Kier alpha value is -1.19. The second-order valence-corrected chi connectivity index (χ2v) is 8.00. The summed E-state index contributed by atoms with van der Waals surface area (Å²) >= 11 is 0. The molecule has 0 amide bonds. The number of hydrogen-bond acceptors (Lipinski definition) is 1. The highest BCUT2D eigenvalue weighted by Crippen LogP contribution is 2.59. The first-order chi connectivity index (χ1) is 12.6. The van der Waals surface area contributed by atoms with Gasteiger partial charge < -0.3 is 5.11 Å². The standard InChI is InChI=1S/C18H21F9O/c1-10(11-8-15(9-11)4-2-3-5-15)6-12(7-13(19)14(20)21)16(28,17(22,23)24)18(25,26)27/h11-12,28H,1-9H2. The van der Waals surface area contributed by atoms with Gasteiger partial charge in [-0.25, -0.2) is 4.39 Å². The number of halogens is 9. The van der Waals surface area contributed by atoms with E-state index in [1.54, 1.807) is 0 Å². The molecular formula is C18H21F9O. The van der Waals surface area contributed by atoms with Crippen molar-refractivity contribution in [1.82, 2.24) is 0 Å². The third kappa shape index (κ3) is 4.21. The van der Waals surface area contributed by atoms with E-state index in [1.165, 1.54) is 0 Å². The Morgan fingerprint density at radius 1 is 0.929 bits per heavy atom. The number of allylic oxidation sites excluding steroid dienone is 2. The van der Waals surface area contributed by atoms with Crippen LogP contribution in [0.1, 0.15) is 51.4 Å². The van der Waals surface area contributed by atoms with E-state index in [9.17, 15) is 44.6 Å². The molecule has 1 nitrogen and oxygen atoms in total. The summed E-state index contributed by atoms with van der Waals surface area (Å²) in [5.74, 6) is -5.68. The van der Waals surface area contributed by atoms with Crippen molar-refractivity contribution in [1.29, 1.82) is 0 Å². The van der Waals surface area contributed by atoms with Gasteiger partial charge in [-0.3, -0.25) is 0 Å². The van der Waals surface area contributed by atoms with E-state index >= 15 is 0 Å². The van der Waals surface area contributed by atoms with Crippen molar-refractivity contribution in [3.63, 3.8) is 0 Å². The van der Waals surface area contributed by atoms with Crippen LogP contribution >= 0.6 is 0 Å². The van der Waals surface area contributed by atoms with E-state index in [2.05, 4.69) is 6.58 Å². The molecule has 0 radical (unpaired) electrons. The van der Waals surface area contributed by atoms with Crippen LogP contribution in [0.5, 0.6) is 0 Å². The average molecular weight is 424 g/mol. The first-order valence-corrected chi connectivity index (χ1v) is 8.86. The highest BCUT2D eigenvalue weighted by molar-refractivity contribution is 5.16. The molecule has 162 valence electrons. The lowest BCUT2D eigenvalue weighted by atomic mass is 9.58. The van der Waals surface area contributed by atoms with Crippen LogP contribution in [0.2, 0.25) is 0 Å². The molecule has 2 aliphatic rings. The van der Waals surface area contributed by atoms with Crippen LogP contribution in [0, 0.1) is 17.3 Å². The van der Waals surface area contributed by atoms with E-state index in [-0.39, 0.29) is 16.9 Å². The lowest BCUT2D eigenvalue weighted by Gasteiger charge is -2.48. The Morgan fingerprint density at radius 3 is 1.79 bits per heavy atom. The maximum absolute atomic E-state index is 13.3. The quantitative estimate of drug-likeness (QED) is 0.366. The first-order valence-electron chi connectivity index (χ1n) is 8.86. The first kappa shape index (κ1) is 23.1. The number of alkyl halides is 6. The average Bonchev–Trinajstić information content (AvgIpc) is 2.99. The van der Waals surface area contributed by atoms with Crippen LogP contribution in [0.3, 0.4) is 0 Å². The van der Waals surface area contributed by atoms with Gasteiger partial charge >= 0.3 is 18.4 Å². The maximum atomic E-state index is 13.3. The molecule has 0 aliphatic heterocycles. The van der Waals surface area contributed by atoms with Crippen LogP contribution in [-0.4, -0.2) is 23.1 Å². The van der Waals surface area contributed by atoms with Crippen molar-refractivity contribution in [2.75, 3.05) is 0 Å². The minimum absolute atomic E-state index is 0.0125. The van der Waals surface area contributed by atoms with Gasteiger partial charge in [-0.05, 0) is 43.4 Å². The van der Waals surface area contributed by atoms with Crippen molar-refractivity contribution < 1.29 is 44.6 Å². The number of aliphatic hydroxyl groups is 1. The molecule has 2 rings (SSSR count). The molecule has 28 heavy (non-hydrogen) atoms. The molecule has 0 bridgehead atoms. The molecule has 2 saturated carbocycles. The summed E-state index contributed by atoms with van der Waals surface area (Å²) in [6, 6.07) is 0. The minimum Gasteiger partial charge on any atom is -0.373 e. The fourth-order valence-corrected chi connectivity index (χ4v) is 4.58. The molecule has 1 spiro atoms. The lowest BCUT2D eigenvalue weighted by Crippen LogP contribution is -2.61. The van der Waals surface area contributed by atoms with Gasteiger partial charge in [0.25, 0.3) is 5.60 Å². The Bertz CT molecular complexity index is 600. The lowest BCUT2D eigenvalue weighted by molar-refractivity contribution is -0.385. The molecule has 1 unspecified atom stereocenters. The second-order valence-electron chi connectivity index (χ2n) is 8.00. The van der Waals surface area contributed by atoms with E-state index in [0.717, 1.165) is 25.7 Å². The van der Waals surface area contributed by atoms with Crippen LogP contribution in [0.25, 0.3) is 0 Å². The number of rotatable bonds is 6. The van der Waals surface area contributed by atoms with Crippen molar-refractivity contribution in [2.24, 2.45) is 17.3 Å². The van der Waals surface area contributed by atoms with Crippen molar-refractivity contribution >= 4 is 0 Å². The molecular weight excluding hydrogens is 403 g/mol. The van der Waals surface area contributed by atoms with Crippen LogP contribution < -0.4 is 0 Å². The Labute approximate surface area is 156 Å².